The molecular formula is C29H34N4O2. The van der Waals surface area contributed by atoms with Crippen molar-refractivity contribution in [2.45, 2.75) is 88.4 Å². The molecule has 2 saturated carbocycles. The quantitative estimate of drug-likeness (QED) is 0.592. The van der Waals surface area contributed by atoms with E-state index in [4.69, 9.17) is 4.98 Å². The summed E-state index contributed by atoms with van der Waals surface area (Å²) < 4.78 is 2.02. The Labute approximate surface area is 205 Å². The van der Waals surface area contributed by atoms with Gasteiger partial charge in [0.25, 0.3) is 5.56 Å². The first-order chi connectivity index (χ1) is 17.1. The predicted octanol–water partition coefficient (Wildman–Crippen LogP) is 4.89. The normalized spacial score (nSPS) is 32.7. The van der Waals surface area contributed by atoms with Gasteiger partial charge in [-0.05, 0) is 75.0 Å². The minimum absolute atomic E-state index is 0.0874. The zero-order valence-electron chi connectivity index (χ0n) is 20.2. The van der Waals surface area contributed by atoms with Gasteiger partial charge in [0.05, 0.1) is 16.7 Å². The van der Waals surface area contributed by atoms with Crippen LogP contribution in [0.1, 0.15) is 70.3 Å². The van der Waals surface area contributed by atoms with Crippen LogP contribution >= 0.6 is 0 Å². The maximum atomic E-state index is 13.9. The number of para-hydroxylation sites is 2. The molecular weight excluding hydrogens is 436 g/mol. The van der Waals surface area contributed by atoms with Gasteiger partial charge in [-0.3, -0.25) is 14.5 Å². The van der Waals surface area contributed by atoms with Gasteiger partial charge >= 0.3 is 0 Å². The van der Waals surface area contributed by atoms with Gasteiger partial charge in [-0.15, -0.1) is 0 Å². The number of piperidine rings is 1. The van der Waals surface area contributed by atoms with Gasteiger partial charge in [0.1, 0.15) is 0 Å². The SMILES string of the molecule is O=c1cccc(-c2nc3ccccc3n([C@H]3C[C@H]4CC[C@@H](C3)N4[C@H]3C[C@@H]4CCC[C@@H](C4)C3)c2=O)[nH]1. The molecule has 0 spiro atoms. The van der Waals surface area contributed by atoms with Crippen molar-refractivity contribution in [2.24, 2.45) is 11.8 Å². The standard InChI is InChI=1S/C29H34N4O2/c34-27-10-4-8-25(30-27)28-29(35)33(26-9-2-1-7-24(26)31-28)23-16-20-11-12-21(17-23)32(20)22-14-18-5-3-6-19(13-18)15-22/h1-2,4,7-10,18-23H,3,5-6,11-17H2,(H,30,34)/t18-,19+,20-,21+,22+,23+. The van der Waals surface area contributed by atoms with Crippen molar-refractivity contribution in [3.05, 3.63) is 63.2 Å². The van der Waals surface area contributed by atoms with E-state index < -0.39 is 0 Å². The lowest BCUT2D eigenvalue weighted by Crippen LogP contribution is -2.52. The summed E-state index contributed by atoms with van der Waals surface area (Å²) in [5.74, 6) is 1.87. The fourth-order valence-corrected chi connectivity index (χ4v) is 8.21. The van der Waals surface area contributed by atoms with Gasteiger partial charge in [-0.25, -0.2) is 4.98 Å². The molecule has 1 N–H and O–H groups in total. The number of fused-ring (bicyclic) bond motifs is 5. The number of hydrogen-bond acceptors (Lipinski definition) is 4. The third-order valence-corrected chi connectivity index (χ3v) is 9.47. The number of rotatable bonds is 3. The Morgan fingerprint density at radius 1 is 0.743 bits per heavy atom. The molecule has 4 fully saturated rings. The maximum absolute atomic E-state index is 13.9. The van der Waals surface area contributed by atoms with Crippen molar-refractivity contribution in [3.8, 4) is 11.4 Å². The molecule has 4 bridgehead atoms. The fourth-order valence-electron chi connectivity index (χ4n) is 8.21. The summed E-state index contributed by atoms with van der Waals surface area (Å²) in [6.07, 6.45) is 13.1. The number of H-pyrrole nitrogens is 1. The molecule has 1 aromatic carbocycles. The second kappa shape index (κ2) is 8.44. The summed E-state index contributed by atoms with van der Waals surface area (Å²) >= 11 is 0. The van der Waals surface area contributed by atoms with Crippen molar-refractivity contribution < 1.29 is 0 Å². The van der Waals surface area contributed by atoms with Crippen LogP contribution in [-0.2, 0) is 0 Å². The third kappa shape index (κ3) is 3.68. The zero-order valence-corrected chi connectivity index (χ0v) is 20.2. The molecule has 182 valence electrons. The van der Waals surface area contributed by atoms with Crippen molar-refractivity contribution >= 4 is 11.0 Å². The molecule has 4 aliphatic rings. The summed E-state index contributed by atoms with van der Waals surface area (Å²) in [5, 5.41) is 0. The lowest BCUT2D eigenvalue weighted by Gasteiger charge is -2.49. The highest BCUT2D eigenvalue weighted by Gasteiger charge is 2.47. The number of nitrogens with one attached hydrogen (secondary N) is 1. The molecule has 0 unspecified atom stereocenters. The first kappa shape index (κ1) is 21.5. The molecule has 4 heterocycles. The van der Waals surface area contributed by atoms with E-state index in [1.807, 2.05) is 28.8 Å². The Bertz CT molecular complexity index is 1350. The van der Waals surface area contributed by atoms with Gasteiger partial charge in [-0.1, -0.05) is 37.5 Å². The molecule has 0 radical (unpaired) electrons. The molecule has 2 aromatic heterocycles. The lowest BCUT2D eigenvalue weighted by atomic mass is 9.69. The number of aromatic nitrogens is 3. The molecule has 2 aliphatic heterocycles. The third-order valence-electron chi connectivity index (χ3n) is 9.47. The number of aromatic amines is 1. The highest BCUT2D eigenvalue weighted by molar-refractivity contribution is 5.77. The number of nitrogens with zero attached hydrogens (tertiary/aromatic N) is 3. The van der Waals surface area contributed by atoms with E-state index in [1.54, 1.807) is 12.1 Å². The first-order valence-electron chi connectivity index (χ1n) is 13.6. The van der Waals surface area contributed by atoms with Crippen LogP contribution in [0.2, 0.25) is 0 Å². The second-order valence-corrected chi connectivity index (χ2v) is 11.5. The fraction of sp³-hybridized carbons (Fsp3) is 0.552. The number of hydrogen-bond donors (Lipinski definition) is 1. The monoisotopic (exact) mass is 470 g/mol. The summed E-state index contributed by atoms with van der Waals surface area (Å²) in [7, 11) is 0. The van der Waals surface area contributed by atoms with E-state index in [-0.39, 0.29) is 17.2 Å². The topological polar surface area (TPSA) is 71.0 Å². The van der Waals surface area contributed by atoms with E-state index in [0.29, 0.717) is 23.5 Å². The minimum atomic E-state index is -0.216. The Morgan fingerprint density at radius 3 is 2.23 bits per heavy atom. The van der Waals surface area contributed by atoms with Gasteiger partial charge in [-0.2, -0.15) is 0 Å². The Morgan fingerprint density at radius 2 is 1.49 bits per heavy atom. The van der Waals surface area contributed by atoms with Crippen LogP contribution in [0.15, 0.2) is 52.1 Å². The molecule has 35 heavy (non-hydrogen) atoms. The van der Waals surface area contributed by atoms with E-state index in [9.17, 15) is 9.59 Å². The van der Waals surface area contributed by atoms with Crippen molar-refractivity contribution in [1.82, 2.24) is 19.4 Å². The van der Waals surface area contributed by atoms with E-state index in [2.05, 4.69) is 9.88 Å². The summed E-state index contributed by atoms with van der Waals surface area (Å²) in [6, 6.07) is 14.9. The number of benzene rings is 1. The van der Waals surface area contributed by atoms with Crippen LogP contribution in [-0.4, -0.2) is 37.6 Å². The highest BCUT2D eigenvalue weighted by atomic mass is 16.1. The lowest BCUT2D eigenvalue weighted by molar-refractivity contribution is 0.00791. The van der Waals surface area contributed by atoms with Crippen LogP contribution in [0.3, 0.4) is 0 Å². The van der Waals surface area contributed by atoms with E-state index in [1.165, 1.54) is 57.4 Å². The Balaban J connectivity index is 1.25. The van der Waals surface area contributed by atoms with Crippen molar-refractivity contribution in [3.63, 3.8) is 0 Å². The molecule has 2 aliphatic carbocycles. The molecule has 6 atom stereocenters. The number of pyridine rings is 1. The summed E-state index contributed by atoms with van der Waals surface area (Å²) in [5.41, 5.74) is 2.25. The van der Waals surface area contributed by atoms with Gasteiger partial charge in [0.15, 0.2) is 5.69 Å². The summed E-state index contributed by atoms with van der Waals surface area (Å²) in [4.78, 5) is 36.3. The molecule has 2 saturated heterocycles. The van der Waals surface area contributed by atoms with E-state index in [0.717, 1.165) is 41.8 Å². The largest absolute Gasteiger partial charge is 0.320 e. The van der Waals surface area contributed by atoms with Gasteiger partial charge in [0.2, 0.25) is 5.56 Å². The summed E-state index contributed by atoms with van der Waals surface area (Å²) in [6.45, 7) is 0. The minimum Gasteiger partial charge on any atom is -0.320 e. The average molecular weight is 471 g/mol. The van der Waals surface area contributed by atoms with Crippen LogP contribution in [0.25, 0.3) is 22.4 Å². The molecule has 0 amide bonds. The van der Waals surface area contributed by atoms with Crippen molar-refractivity contribution in [1.29, 1.82) is 0 Å². The molecule has 6 heteroatoms. The highest BCUT2D eigenvalue weighted by Crippen LogP contribution is 2.48. The van der Waals surface area contributed by atoms with Gasteiger partial charge < -0.3 is 9.55 Å². The predicted molar refractivity (Wildman–Crippen MR) is 137 cm³/mol. The first-order valence-corrected chi connectivity index (χ1v) is 13.6. The van der Waals surface area contributed by atoms with Gasteiger partial charge in [0, 0.05) is 30.2 Å². The Kier molecular flexibility index (Phi) is 5.19. The Hall–Kier alpha value is -2.73. The van der Waals surface area contributed by atoms with Crippen molar-refractivity contribution in [2.75, 3.05) is 0 Å². The van der Waals surface area contributed by atoms with Crippen LogP contribution in [0, 0.1) is 11.8 Å². The van der Waals surface area contributed by atoms with Crippen LogP contribution < -0.4 is 11.1 Å². The smallest absolute Gasteiger partial charge is 0.279 e. The van der Waals surface area contributed by atoms with Crippen LogP contribution in [0.5, 0.6) is 0 Å². The molecule has 7 rings (SSSR count). The average Bonchev–Trinajstić information content (AvgIpc) is 3.13. The zero-order chi connectivity index (χ0) is 23.5. The molecule has 6 nitrogen and oxygen atoms in total. The second-order valence-electron chi connectivity index (χ2n) is 11.5. The van der Waals surface area contributed by atoms with E-state index >= 15 is 0 Å². The maximum Gasteiger partial charge on any atom is 0.279 e. The molecule has 3 aromatic rings. The van der Waals surface area contributed by atoms with Crippen LogP contribution in [0.4, 0.5) is 0 Å².